The van der Waals surface area contributed by atoms with Gasteiger partial charge in [0.25, 0.3) is 5.91 Å². The number of anilines is 1. The van der Waals surface area contributed by atoms with Gasteiger partial charge in [0.2, 0.25) is 5.91 Å². The lowest BCUT2D eigenvalue weighted by molar-refractivity contribution is -0.141. The number of benzene rings is 1. The second-order valence-corrected chi connectivity index (χ2v) is 8.27. The molecule has 0 aromatic heterocycles. The van der Waals surface area contributed by atoms with Crippen LogP contribution in [-0.2, 0) is 14.3 Å². The molecule has 1 aromatic carbocycles. The third kappa shape index (κ3) is 4.09. The van der Waals surface area contributed by atoms with Crippen LogP contribution in [0.4, 0.5) is 14.9 Å². The summed E-state index contributed by atoms with van der Waals surface area (Å²) < 4.78 is 20.1. The average Bonchev–Trinajstić information content (AvgIpc) is 3.09. The van der Waals surface area contributed by atoms with Crippen LogP contribution in [0.2, 0.25) is 0 Å². The fraction of sp³-hybridized carbons (Fsp3) is 0.571. The number of amides is 3. The number of cyclic esters (lactones) is 1. The van der Waals surface area contributed by atoms with Gasteiger partial charge in [0, 0.05) is 19.5 Å². The first-order valence-corrected chi connectivity index (χ1v) is 10.5. The van der Waals surface area contributed by atoms with Gasteiger partial charge in [-0.3, -0.25) is 14.5 Å². The molecule has 5 atom stereocenters. The van der Waals surface area contributed by atoms with Crippen molar-refractivity contribution in [2.75, 3.05) is 37.7 Å². The van der Waals surface area contributed by atoms with E-state index in [1.165, 1.54) is 15.9 Å². The lowest BCUT2D eigenvalue weighted by Crippen LogP contribution is -2.40. The molecule has 0 radical (unpaired) electrons. The van der Waals surface area contributed by atoms with Crippen molar-refractivity contribution in [2.24, 2.45) is 11.8 Å². The fourth-order valence-corrected chi connectivity index (χ4v) is 4.60. The summed E-state index contributed by atoms with van der Waals surface area (Å²) in [4.78, 5) is 38.4. The second kappa shape index (κ2) is 8.43. The minimum Gasteiger partial charge on any atom is -0.442 e. The number of likely N-dealkylation sites (tertiary alicyclic amines) is 1. The Labute approximate surface area is 178 Å². The lowest BCUT2D eigenvalue weighted by Gasteiger charge is -2.22. The number of aliphatic hydroxyl groups excluding tert-OH is 2. The van der Waals surface area contributed by atoms with Crippen LogP contribution in [0.1, 0.15) is 24.8 Å². The number of carbonyl (C=O) groups is 3. The SMILES string of the molecule is CCC(=O)NC[C@H]1CN(c2ccc([C@H]3[C@@H]4CN(C(=O)[C@@H](O)CO)C[C@@H]43)c(F)c2)C(=O)O1. The van der Waals surface area contributed by atoms with E-state index in [2.05, 4.69) is 5.32 Å². The van der Waals surface area contributed by atoms with Gasteiger partial charge < -0.3 is 25.2 Å². The van der Waals surface area contributed by atoms with Crippen LogP contribution in [-0.4, -0.2) is 78.0 Å². The first-order chi connectivity index (χ1) is 14.8. The Hall–Kier alpha value is -2.72. The number of nitrogens with one attached hydrogen (secondary N) is 1. The maximum Gasteiger partial charge on any atom is 0.414 e. The molecule has 2 saturated heterocycles. The summed E-state index contributed by atoms with van der Waals surface area (Å²) in [6.45, 7) is 2.40. The number of carbonyl (C=O) groups excluding carboxylic acids is 3. The molecule has 1 aromatic rings. The van der Waals surface area contributed by atoms with Crippen molar-refractivity contribution in [3.8, 4) is 0 Å². The molecule has 3 aliphatic rings. The van der Waals surface area contributed by atoms with Crippen molar-refractivity contribution in [1.82, 2.24) is 10.2 Å². The first-order valence-electron chi connectivity index (χ1n) is 10.5. The molecule has 31 heavy (non-hydrogen) atoms. The molecule has 0 bridgehead atoms. The van der Waals surface area contributed by atoms with E-state index in [9.17, 15) is 23.9 Å². The summed E-state index contributed by atoms with van der Waals surface area (Å²) >= 11 is 0. The molecule has 1 aliphatic carbocycles. The molecule has 2 aliphatic heterocycles. The van der Waals surface area contributed by atoms with Crippen molar-refractivity contribution < 1.29 is 33.7 Å². The zero-order chi connectivity index (χ0) is 22.3. The van der Waals surface area contributed by atoms with Gasteiger partial charge in [-0.25, -0.2) is 9.18 Å². The van der Waals surface area contributed by atoms with E-state index in [1.807, 2.05) is 0 Å². The minimum absolute atomic E-state index is 0.00750. The predicted octanol–water partition coefficient (Wildman–Crippen LogP) is 0.202. The summed E-state index contributed by atoms with van der Waals surface area (Å²) in [6, 6.07) is 4.66. The van der Waals surface area contributed by atoms with Crippen LogP contribution in [0, 0.1) is 17.7 Å². The van der Waals surface area contributed by atoms with Gasteiger partial charge in [0.05, 0.1) is 25.4 Å². The summed E-state index contributed by atoms with van der Waals surface area (Å²) in [5.41, 5.74) is 0.942. The smallest absolute Gasteiger partial charge is 0.414 e. The van der Waals surface area contributed by atoms with Gasteiger partial charge in [0.15, 0.2) is 6.10 Å². The van der Waals surface area contributed by atoms with E-state index in [4.69, 9.17) is 9.84 Å². The number of fused-ring (bicyclic) bond motifs is 1. The Morgan fingerprint density at radius 3 is 2.61 bits per heavy atom. The van der Waals surface area contributed by atoms with Gasteiger partial charge in [-0.15, -0.1) is 0 Å². The van der Waals surface area contributed by atoms with Crippen molar-refractivity contribution in [3.05, 3.63) is 29.6 Å². The van der Waals surface area contributed by atoms with Crippen LogP contribution in [0.3, 0.4) is 0 Å². The molecule has 1 saturated carbocycles. The van der Waals surface area contributed by atoms with E-state index in [-0.39, 0.29) is 36.8 Å². The number of halogens is 1. The minimum atomic E-state index is -1.41. The van der Waals surface area contributed by atoms with Crippen LogP contribution in [0.15, 0.2) is 18.2 Å². The molecule has 3 fully saturated rings. The first kappa shape index (κ1) is 21.5. The average molecular weight is 435 g/mol. The van der Waals surface area contributed by atoms with Gasteiger partial charge in [0.1, 0.15) is 11.9 Å². The molecule has 10 heteroatoms. The maximum atomic E-state index is 14.9. The molecular weight excluding hydrogens is 409 g/mol. The third-order valence-corrected chi connectivity index (χ3v) is 6.34. The number of hydrogen-bond donors (Lipinski definition) is 3. The molecule has 0 spiro atoms. The molecular formula is C21H26FN3O6. The monoisotopic (exact) mass is 435 g/mol. The Balaban J connectivity index is 1.36. The predicted molar refractivity (Wildman–Crippen MR) is 107 cm³/mol. The van der Waals surface area contributed by atoms with Crippen molar-refractivity contribution in [3.63, 3.8) is 0 Å². The Kier molecular flexibility index (Phi) is 5.85. The normalized spacial score (nSPS) is 27.7. The number of ether oxygens (including phenoxy) is 1. The van der Waals surface area contributed by atoms with Crippen LogP contribution in [0.5, 0.6) is 0 Å². The number of aliphatic hydroxyl groups is 2. The lowest BCUT2D eigenvalue weighted by atomic mass is 10.0. The molecule has 168 valence electrons. The zero-order valence-corrected chi connectivity index (χ0v) is 17.2. The highest BCUT2D eigenvalue weighted by Crippen LogP contribution is 2.58. The zero-order valence-electron chi connectivity index (χ0n) is 17.2. The number of rotatable bonds is 7. The van der Waals surface area contributed by atoms with E-state index < -0.39 is 36.6 Å². The van der Waals surface area contributed by atoms with E-state index in [0.29, 0.717) is 30.8 Å². The summed E-state index contributed by atoms with van der Waals surface area (Å²) in [7, 11) is 0. The quantitative estimate of drug-likeness (QED) is 0.563. The summed E-state index contributed by atoms with van der Waals surface area (Å²) in [5.74, 6) is -0.808. The maximum absolute atomic E-state index is 14.9. The van der Waals surface area contributed by atoms with Gasteiger partial charge in [-0.1, -0.05) is 13.0 Å². The molecule has 3 amide bonds. The Morgan fingerprint density at radius 1 is 1.29 bits per heavy atom. The van der Waals surface area contributed by atoms with Crippen LogP contribution in [0.25, 0.3) is 0 Å². The topological polar surface area (TPSA) is 119 Å². The highest BCUT2D eigenvalue weighted by Gasteiger charge is 2.58. The van der Waals surface area contributed by atoms with Gasteiger partial charge in [-0.2, -0.15) is 0 Å². The van der Waals surface area contributed by atoms with E-state index in [1.54, 1.807) is 19.1 Å². The van der Waals surface area contributed by atoms with E-state index >= 15 is 0 Å². The molecule has 2 heterocycles. The molecule has 3 N–H and O–H groups in total. The Morgan fingerprint density at radius 2 is 2.00 bits per heavy atom. The molecule has 9 nitrogen and oxygen atoms in total. The Bertz CT molecular complexity index is 884. The van der Waals surface area contributed by atoms with Gasteiger partial charge >= 0.3 is 6.09 Å². The molecule has 0 unspecified atom stereocenters. The van der Waals surface area contributed by atoms with Gasteiger partial charge in [-0.05, 0) is 35.4 Å². The number of piperidine rings is 1. The highest BCUT2D eigenvalue weighted by molar-refractivity contribution is 5.90. The van der Waals surface area contributed by atoms with Crippen molar-refractivity contribution in [2.45, 2.75) is 31.5 Å². The largest absolute Gasteiger partial charge is 0.442 e. The second-order valence-electron chi connectivity index (χ2n) is 8.27. The number of hydrogen-bond acceptors (Lipinski definition) is 6. The van der Waals surface area contributed by atoms with Crippen molar-refractivity contribution >= 4 is 23.6 Å². The highest BCUT2D eigenvalue weighted by atomic mass is 19.1. The van der Waals surface area contributed by atoms with Crippen LogP contribution < -0.4 is 10.2 Å². The standard InChI is InChI=1S/C21H26FN3O6/c1-2-18(28)23-6-12-7-25(21(30)31-12)11-3-4-13(16(22)5-11)19-14-8-24(9-15(14)19)20(29)17(27)10-26/h3-5,12,14-15,17,19,26-27H,2,6-10H2,1H3,(H,23,28)/t12-,14-,15+,17-,19+/m0/s1. The van der Waals surface area contributed by atoms with Crippen LogP contribution >= 0.6 is 0 Å². The third-order valence-electron chi connectivity index (χ3n) is 6.34. The van der Waals surface area contributed by atoms with E-state index in [0.717, 1.165) is 0 Å². The summed E-state index contributed by atoms with van der Waals surface area (Å²) in [6.07, 6.45) is -2.14. The summed E-state index contributed by atoms with van der Waals surface area (Å²) in [5, 5.41) is 21.1. The fourth-order valence-electron chi connectivity index (χ4n) is 4.60. The molecule has 4 rings (SSSR count). The number of nitrogens with zero attached hydrogens (tertiary/aromatic N) is 2. The van der Waals surface area contributed by atoms with Crippen molar-refractivity contribution in [1.29, 1.82) is 0 Å².